The maximum absolute atomic E-state index is 11.9. The molecule has 1 unspecified atom stereocenters. The van der Waals surface area contributed by atoms with Crippen LogP contribution in [0.1, 0.15) is 13.0 Å². The lowest BCUT2D eigenvalue weighted by molar-refractivity contribution is -0.144. The minimum Gasteiger partial charge on any atom is -0.496 e. The number of para-hydroxylation sites is 1. The van der Waals surface area contributed by atoms with E-state index in [9.17, 15) is 9.59 Å². The van der Waals surface area contributed by atoms with E-state index in [1.54, 1.807) is 26.2 Å². The first-order valence-electron chi connectivity index (χ1n) is 6.39. The molecule has 1 aromatic heterocycles. The Kier molecular flexibility index (Phi) is 4.37. The predicted molar refractivity (Wildman–Crippen MR) is 77.2 cm³/mol. The monoisotopic (exact) mass is 288 g/mol. The van der Waals surface area contributed by atoms with Gasteiger partial charge in [0.25, 0.3) is 5.56 Å². The second-order valence-corrected chi connectivity index (χ2v) is 4.40. The van der Waals surface area contributed by atoms with Crippen LogP contribution >= 0.6 is 0 Å². The predicted octanol–water partition coefficient (Wildman–Crippen LogP) is 1.65. The fraction of sp³-hybridized carbons (Fsp3) is 0.267. The Bertz CT molecular complexity index is 709. The summed E-state index contributed by atoms with van der Waals surface area (Å²) in [5, 5.41) is 4.24. The van der Waals surface area contributed by atoms with Crippen LogP contribution in [0.3, 0.4) is 0 Å². The Morgan fingerprint density at radius 1 is 1.19 bits per heavy atom. The first-order chi connectivity index (χ1) is 10.1. The van der Waals surface area contributed by atoms with Crippen molar-refractivity contribution < 1.29 is 14.3 Å². The summed E-state index contributed by atoms with van der Waals surface area (Å²) in [6.07, 6.45) is 0. The van der Waals surface area contributed by atoms with Crippen molar-refractivity contribution >= 4 is 5.97 Å². The van der Waals surface area contributed by atoms with Crippen LogP contribution in [0, 0.1) is 0 Å². The molecule has 0 amide bonds. The van der Waals surface area contributed by atoms with Crippen LogP contribution in [0.5, 0.6) is 5.75 Å². The highest BCUT2D eigenvalue weighted by atomic mass is 16.5. The van der Waals surface area contributed by atoms with Crippen molar-refractivity contribution in [2.24, 2.45) is 0 Å². The zero-order valence-corrected chi connectivity index (χ0v) is 12.1. The van der Waals surface area contributed by atoms with E-state index in [-0.39, 0.29) is 5.56 Å². The van der Waals surface area contributed by atoms with E-state index in [2.05, 4.69) is 9.84 Å². The molecule has 0 spiro atoms. The minimum absolute atomic E-state index is 0.369. The van der Waals surface area contributed by atoms with Gasteiger partial charge in [0.1, 0.15) is 5.75 Å². The van der Waals surface area contributed by atoms with Gasteiger partial charge in [0.15, 0.2) is 6.04 Å². The van der Waals surface area contributed by atoms with Crippen LogP contribution in [0.4, 0.5) is 0 Å². The molecule has 0 N–H and O–H groups in total. The molecule has 2 aromatic rings. The molecule has 0 fully saturated rings. The maximum atomic E-state index is 11.9. The third kappa shape index (κ3) is 2.94. The lowest BCUT2D eigenvalue weighted by Crippen LogP contribution is -2.30. The normalized spacial score (nSPS) is 11.8. The van der Waals surface area contributed by atoms with Gasteiger partial charge < -0.3 is 9.47 Å². The number of rotatable bonds is 4. The molecule has 6 nitrogen and oxygen atoms in total. The van der Waals surface area contributed by atoms with E-state index in [0.29, 0.717) is 11.4 Å². The average molecular weight is 288 g/mol. The molecule has 21 heavy (non-hydrogen) atoms. The van der Waals surface area contributed by atoms with Gasteiger partial charge >= 0.3 is 5.97 Å². The minimum atomic E-state index is -0.794. The van der Waals surface area contributed by atoms with Gasteiger partial charge in [0, 0.05) is 11.6 Å². The number of hydrogen-bond donors (Lipinski definition) is 0. The number of methoxy groups -OCH3 is 2. The average Bonchev–Trinajstić information content (AvgIpc) is 2.53. The number of carbonyl (C=O) groups excluding carboxylic acids is 1. The Labute approximate surface area is 121 Å². The van der Waals surface area contributed by atoms with E-state index in [0.717, 1.165) is 10.2 Å². The molecule has 110 valence electrons. The molecule has 0 saturated carbocycles. The number of hydrogen-bond acceptors (Lipinski definition) is 5. The number of carbonyl (C=O) groups is 1. The summed E-state index contributed by atoms with van der Waals surface area (Å²) in [5.74, 6) is 0.114. The number of esters is 1. The summed E-state index contributed by atoms with van der Waals surface area (Å²) in [5.41, 5.74) is 0.917. The van der Waals surface area contributed by atoms with Crippen LogP contribution in [-0.2, 0) is 9.53 Å². The highest BCUT2D eigenvalue weighted by Crippen LogP contribution is 2.27. The van der Waals surface area contributed by atoms with Gasteiger partial charge in [-0.2, -0.15) is 5.10 Å². The Morgan fingerprint density at radius 2 is 1.90 bits per heavy atom. The fourth-order valence-corrected chi connectivity index (χ4v) is 1.97. The van der Waals surface area contributed by atoms with Gasteiger partial charge in [-0.1, -0.05) is 12.1 Å². The van der Waals surface area contributed by atoms with Gasteiger partial charge in [-0.3, -0.25) is 4.79 Å². The zero-order chi connectivity index (χ0) is 15.4. The van der Waals surface area contributed by atoms with Crippen LogP contribution in [0.25, 0.3) is 11.3 Å². The molecule has 0 bridgehead atoms. The van der Waals surface area contributed by atoms with Crippen LogP contribution in [0.15, 0.2) is 41.2 Å². The van der Waals surface area contributed by atoms with E-state index in [4.69, 9.17) is 4.74 Å². The maximum Gasteiger partial charge on any atom is 0.330 e. The van der Waals surface area contributed by atoms with Crippen molar-refractivity contribution in [2.45, 2.75) is 13.0 Å². The summed E-state index contributed by atoms with van der Waals surface area (Å²) in [6, 6.07) is 9.50. The topological polar surface area (TPSA) is 70.4 Å². The number of ether oxygens (including phenoxy) is 2. The lowest BCUT2D eigenvalue weighted by Gasteiger charge is -2.13. The Morgan fingerprint density at radius 3 is 2.57 bits per heavy atom. The van der Waals surface area contributed by atoms with E-state index in [1.807, 2.05) is 18.2 Å². The molecule has 1 aromatic carbocycles. The van der Waals surface area contributed by atoms with E-state index >= 15 is 0 Å². The summed E-state index contributed by atoms with van der Waals surface area (Å²) in [7, 11) is 2.83. The zero-order valence-electron chi connectivity index (χ0n) is 12.1. The summed E-state index contributed by atoms with van der Waals surface area (Å²) in [6.45, 7) is 1.56. The third-order valence-corrected chi connectivity index (χ3v) is 3.12. The molecule has 0 aliphatic carbocycles. The lowest BCUT2D eigenvalue weighted by atomic mass is 10.1. The fourth-order valence-electron chi connectivity index (χ4n) is 1.97. The Hall–Kier alpha value is -2.63. The number of aromatic nitrogens is 2. The molecule has 1 heterocycles. The van der Waals surface area contributed by atoms with Gasteiger partial charge in [0.2, 0.25) is 0 Å². The van der Waals surface area contributed by atoms with Crippen molar-refractivity contribution in [1.82, 2.24) is 9.78 Å². The van der Waals surface area contributed by atoms with Crippen molar-refractivity contribution in [2.75, 3.05) is 14.2 Å². The molecule has 0 aliphatic rings. The van der Waals surface area contributed by atoms with Crippen LogP contribution in [-0.4, -0.2) is 30.0 Å². The highest BCUT2D eigenvalue weighted by molar-refractivity contribution is 5.73. The molecule has 0 saturated heterocycles. The molecule has 2 rings (SSSR count). The molecule has 0 radical (unpaired) electrons. The second kappa shape index (κ2) is 6.21. The van der Waals surface area contributed by atoms with Gasteiger partial charge in [0.05, 0.1) is 19.9 Å². The molecular weight excluding hydrogens is 272 g/mol. The quantitative estimate of drug-likeness (QED) is 0.800. The van der Waals surface area contributed by atoms with Crippen LogP contribution in [0.2, 0.25) is 0 Å². The van der Waals surface area contributed by atoms with Crippen molar-refractivity contribution in [3.05, 3.63) is 46.8 Å². The summed E-state index contributed by atoms with van der Waals surface area (Å²) < 4.78 is 11.0. The van der Waals surface area contributed by atoms with Gasteiger partial charge in [-0.15, -0.1) is 0 Å². The SMILES string of the molecule is COC(=O)C(C)n1nc(-c2ccccc2OC)ccc1=O. The number of nitrogens with zero attached hydrogens (tertiary/aromatic N) is 2. The third-order valence-electron chi connectivity index (χ3n) is 3.12. The standard InChI is InChI=1S/C15H16N2O4/c1-10(15(19)21-3)17-14(18)9-8-12(16-17)11-6-4-5-7-13(11)20-2/h4-10H,1-3H3. The second-order valence-electron chi connectivity index (χ2n) is 4.40. The summed E-state index contributed by atoms with van der Waals surface area (Å²) >= 11 is 0. The molecular formula is C15H16N2O4. The number of benzene rings is 1. The first kappa shape index (κ1) is 14.8. The smallest absolute Gasteiger partial charge is 0.330 e. The van der Waals surface area contributed by atoms with Gasteiger partial charge in [-0.25, -0.2) is 9.48 Å². The molecule has 6 heteroatoms. The van der Waals surface area contributed by atoms with Crippen LogP contribution < -0.4 is 10.3 Å². The largest absolute Gasteiger partial charge is 0.496 e. The summed E-state index contributed by atoms with van der Waals surface area (Å²) in [4.78, 5) is 23.5. The van der Waals surface area contributed by atoms with Crippen molar-refractivity contribution in [1.29, 1.82) is 0 Å². The van der Waals surface area contributed by atoms with Gasteiger partial charge in [-0.05, 0) is 25.1 Å². The van der Waals surface area contributed by atoms with Crippen molar-refractivity contribution in [3.8, 4) is 17.0 Å². The first-order valence-corrected chi connectivity index (χ1v) is 6.39. The van der Waals surface area contributed by atoms with Crippen molar-refractivity contribution in [3.63, 3.8) is 0 Å². The molecule has 0 aliphatic heterocycles. The highest BCUT2D eigenvalue weighted by Gasteiger charge is 2.19. The van der Waals surface area contributed by atoms with E-state index < -0.39 is 12.0 Å². The Balaban J connectivity index is 2.53. The van der Waals surface area contributed by atoms with E-state index in [1.165, 1.54) is 13.2 Å². The molecule has 1 atom stereocenters.